The lowest BCUT2D eigenvalue weighted by Crippen LogP contribution is -2.38. The molecule has 0 heterocycles. The smallest absolute Gasteiger partial charge is 0.305 e. The lowest BCUT2D eigenvalue weighted by molar-refractivity contribution is -0.144. The summed E-state index contributed by atoms with van der Waals surface area (Å²) in [7, 11) is 0. The number of carbonyl (C=O) groups excluding carboxylic acids is 1. The molecule has 166 valence electrons. The van der Waals surface area contributed by atoms with E-state index < -0.39 is 12.1 Å². The molecule has 3 N–H and O–H groups in total. The van der Waals surface area contributed by atoms with Gasteiger partial charge in [0.2, 0.25) is 0 Å². The van der Waals surface area contributed by atoms with Crippen molar-refractivity contribution < 1.29 is 14.6 Å². The summed E-state index contributed by atoms with van der Waals surface area (Å²) in [4.78, 5) is 11.6. The van der Waals surface area contributed by atoms with Crippen LogP contribution in [0.25, 0.3) is 0 Å². The highest BCUT2D eigenvalue weighted by Crippen LogP contribution is 2.12. The minimum absolute atomic E-state index is 0.0783. The fourth-order valence-electron chi connectivity index (χ4n) is 3.18. The Hall–Kier alpha value is -0.870. The average Bonchev–Trinajstić information content (AvgIpc) is 2.69. The SMILES string of the molecule is CCCCCCCCCCCCC/C=C/[C@@H](O)[C@@H](N)COC(=O)CCCCC. The zero-order valence-electron chi connectivity index (χ0n) is 18.7. The Balaban J connectivity index is 3.51. The van der Waals surface area contributed by atoms with Crippen LogP contribution in [-0.2, 0) is 9.53 Å². The number of esters is 1. The Kier molecular flexibility index (Phi) is 20.2. The molecule has 0 saturated heterocycles. The van der Waals surface area contributed by atoms with E-state index in [1.807, 2.05) is 6.08 Å². The topological polar surface area (TPSA) is 72.6 Å². The van der Waals surface area contributed by atoms with E-state index in [2.05, 4.69) is 13.8 Å². The number of nitrogens with two attached hydrogens (primary N) is 1. The first-order valence-corrected chi connectivity index (χ1v) is 11.9. The van der Waals surface area contributed by atoms with Crippen molar-refractivity contribution in [1.82, 2.24) is 0 Å². The van der Waals surface area contributed by atoms with Crippen LogP contribution in [-0.4, -0.2) is 29.8 Å². The van der Waals surface area contributed by atoms with Gasteiger partial charge in [-0.05, 0) is 19.3 Å². The van der Waals surface area contributed by atoms with Gasteiger partial charge in [0.25, 0.3) is 0 Å². The van der Waals surface area contributed by atoms with E-state index in [0.717, 1.165) is 32.1 Å². The van der Waals surface area contributed by atoms with Gasteiger partial charge in [-0.15, -0.1) is 0 Å². The molecule has 0 radical (unpaired) electrons. The van der Waals surface area contributed by atoms with Crippen molar-refractivity contribution in [3.05, 3.63) is 12.2 Å². The fraction of sp³-hybridized carbons (Fsp3) is 0.875. The molecule has 0 aromatic heterocycles. The molecule has 0 aliphatic heterocycles. The second-order valence-electron chi connectivity index (χ2n) is 8.05. The van der Waals surface area contributed by atoms with Crippen molar-refractivity contribution >= 4 is 5.97 Å². The molecule has 4 heteroatoms. The molecule has 0 aliphatic carbocycles. The second kappa shape index (κ2) is 20.9. The maximum atomic E-state index is 11.6. The zero-order valence-corrected chi connectivity index (χ0v) is 18.7. The Morgan fingerprint density at radius 3 is 1.93 bits per heavy atom. The monoisotopic (exact) mass is 397 g/mol. The summed E-state index contributed by atoms with van der Waals surface area (Å²) < 4.78 is 5.13. The molecule has 4 nitrogen and oxygen atoms in total. The number of aliphatic hydroxyl groups excluding tert-OH is 1. The molecule has 0 amide bonds. The lowest BCUT2D eigenvalue weighted by atomic mass is 10.0. The molecule has 0 spiro atoms. The van der Waals surface area contributed by atoms with Gasteiger partial charge in [-0.25, -0.2) is 0 Å². The van der Waals surface area contributed by atoms with Gasteiger partial charge in [0.05, 0.1) is 12.1 Å². The maximum Gasteiger partial charge on any atom is 0.305 e. The summed E-state index contributed by atoms with van der Waals surface area (Å²) in [5, 5.41) is 10.0. The van der Waals surface area contributed by atoms with Gasteiger partial charge in [-0.1, -0.05) is 103 Å². The van der Waals surface area contributed by atoms with E-state index >= 15 is 0 Å². The summed E-state index contributed by atoms with van der Waals surface area (Å²) in [5.74, 6) is -0.221. The summed E-state index contributed by atoms with van der Waals surface area (Å²) in [5.41, 5.74) is 5.89. The Bertz CT molecular complexity index is 371. The van der Waals surface area contributed by atoms with Crippen molar-refractivity contribution in [2.75, 3.05) is 6.61 Å². The number of rotatable bonds is 20. The zero-order chi connectivity index (χ0) is 20.9. The van der Waals surface area contributed by atoms with Crippen LogP contribution in [0, 0.1) is 0 Å². The average molecular weight is 398 g/mol. The summed E-state index contributed by atoms with van der Waals surface area (Å²) in [6, 6.07) is -0.552. The normalized spacial score (nSPS) is 13.7. The molecule has 2 atom stereocenters. The molecular weight excluding hydrogens is 350 g/mol. The maximum absolute atomic E-state index is 11.6. The Labute approximate surface area is 174 Å². The van der Waals surface area contributed by atoms with Crippen LogP contribution in [0.15, 0.2) is 12.2 Å². The van der Waals surface area contributed by atoms with E-state index in [-0.39, 0.29) is 12.6 Å². The van der Waals surface area contributed by atoms with Crippen LogP contribution in [0.5, 0.6) is 0 Å². The molecule has 0 aromatic carbocycles. The first-order chi connectivity index (χ1) is 13.6. The van der Waals surface area contributed by atoms with Crippen molar-refractivity contribution in [3.8, 4) is 0 Å². The second-order valence-corrected chi connectivity index (χ2v) is 8.05. The van der Waals surface area contributed by atoms with E-state index in [1.54, 1.807) is 6.08 Å². The van der Waals surface area contributed by atoms with Gasteiger partial charge in [0.15, 0.2) is 0 Å². The van der Waals surface area contributed by atoms with Gasteiger partial charge in [0, 0.05) is 6.42 Å². The number of hydrogen-bond acceptors (Lipinski definition) is 4. The fourth-order valence-corrected chi connectivity index (χ4v) is 3.18. The van der Waals surface area contributed by atoms with Crippen LogP contribution in [0.3, 0.4) is 0 Å². The predicted molar refractivity (Wildman–Crippen MR) is 119 cm³/mol. The number of allylic oxidation sites excluding steroid dienone is 1. The predicted octanol–water partition coefficient (Wildman–Crippen LogP) is 6.06. The minimum atomic E-state index is -0.754. The molecule has 0 aromatic rings. The van der Waals surface area contributed by atoms with Crippen LogP contribution in [0.4, 0.5) is 0 Å². The third-order valence-electron chi connectivity index (χ3n) is 5.17. The van der Waals surface area contributed by atoms with E-state index in [9.17, 15) is 9.90 Å². The first-order valence-electron chi connectivity index (χ1n) is 11.9. The van der Waals surface area contributed by atoms with Gasteiger partial charge in [-0.2, -0.15) is 0 Å². The Morgan fingerprint density at radius 2 is 1.36 bits per heavy atom. The van der Waals surface area contributed by atoms with Crippen LogP contribution >= 0.6 is 0 Å². The van der Waals surface area contributed by atoms with Crippen molar-refractivity contribution in [1.29, 1.82) is 0 Å². The van der Waals surface area contributed by atoms with Crippen LogP contribution < -0.4 is 5.73 Å². The van der Waals surface area contributed by atoms with Gasteiger partial charge in [0.1, 0.15) is 6.61 Å². The van der Waals surface area contributed by atoms with E-state index in [4.69, 9.17) is 10.5 Å². The largest absolute Gasteiger partial charge is 0.464 e. The standard InChI is InChI=1S/C24H47NO3/c1-3-5-7-8-9-10-11-12-13-14-15-16-18-19-23(26)22(25)21-28-24(27)20-17-6-4-2/h18-19,22-23,26H,3-17,20-21,25H2,1-2H3/b19-18+/t22-,23+/m0/s1. The molecule has 0 unspecified atom stereocenters. The third-order valence-corrected chi connectivity index (χ3v) is 5.17. The number of aliphatic hydroxyl groups is 1. The summed E-state index contributed by atoms with van der Waals surface area (Å²) in [6.07, 6.45) is 22.1. The highest BCUT2D eigenvalue weighted by atomic mass is 16.5. The van der Waals surface area contributed by atoms with Crippen molar-refractivity contribution in [2.24, 2.45) is 5.73 Å². The van der Waals surface area contributed by atoms with Crippen molar-refractivity contribution in [3.63, 3.8) is 0 Å². The van der Waals surface area contributed by atoms with E-state index in [1.165, 1.54) is 64.2 Å². The summed E-state index contributed by atoms with van der Waals surface area (Å²) >= 11 is 0. The van der Waals surface area contributed by atoms with Gasteiger partial charge in [-0.3, -0.25) is 4.79 Å². The molecule has 0 bridgehead atoms. The number of ether oxygens (including phenoxy) is 1. The Morgan fingerprint density at radius 1 is 0.857 bits per heavy atom. The quantitative estimate of drug-likeness (QED) is 0.149. The van der Waals surface area contributed by atoms with Gasteiger partial charge >= 0.3 is 5.97 Å². The lowest BCUT2D eigenvalue weighted by Gasteiger charge is -2.15. The number of hydrogen-bond donors (Lipinski definition) is 2. The third kappa shape index (κ3) is 18.5. The van der Waals surface area contributed by atoms with Crippen LogP contribution in [0.1, 0.15) is 117 Å². The number of unbranched alkanes of at least 4 members (excludes halogenated alkanes) is 13. The molecule has 0 aliphatic rings. The molecule has 28 heavy (non-hydrogen) atoms. The minimum Gasteiger partial charge on any atom is -0.464 e. The number of carbonyl (C=O) groups is 1. The molecule has 0 rings (SSSR count). The molecular formula is C24H47NO3. The van der Waals surface area contributed by atoms with E-state index in [0.29, 0.717) is 6.42 Å². The highest BCUT2D eigenvalue weighted by molar-refractivity contribution is 5.69. The van der Waals surface area contributed by atoms with Gasteiger partial charge < -0.3 is 15.6 Å². The van der Waals surface area contributed by atoms with Crippen LogP contribution in [0.2, 0.25) is 0 Å². The molecule has 0 saturated carbocycles. The first kappa shape index (κ1) is 27.1. The summed E-state index contributed by atoms with van der Waals surface area (Å²) in [6.45, 7) is 4.44. The molecule has 0 fully saturated rings. The van der Waals surface area contributed by atoms with Crippen molar-refractivity contribution in [2.45, 2.75) is 129 Å². The highest BCUT2D eigenvalue weighted by Gasteiger charge is 2.14.